The van der Waals surface area contributed by atoms with Crippen molar-refractivity contribution in [3.8, 4) is 11.5 Å². The molecule has 0 saturated heterocycles. The van der Waals surface area contributed by atoms with Gasteiger partial charge in [-0.1, -0.05) is 29.3 Å². The van der Waals surface area contributed by atoms with Gasteiger partial charge in [-0.3, -0.25) is 0 Å². The standard InChI is InChI=1S/C17H19Cl2NO4S2/c1-23-16-6-5-14(10-17(16)24-2)26(21,22)20-7-8-25-11-12-3-4-13(18)9-15(12)19/h3-6,9-10,20H,7-8,11H2,1-2H3. The maximum Gasteiger partial charge on any atom is 0.240 e. The second kappa shape index (κ2) is 9.71. The van der Waals surface area contributed by atoms with Crippen LogP contribution in [-0.2, 0) is 15.8 Å². The van der Waals surface area contributed by atoms with Gasteiger partial charge < -0.3 is 9.47 Å². The van der Waals surface area contributed by atoms with E-state index in [1.165, 1.54) is 26.4 Å². The van der Waals surface area contributed by atoms with Crippen LogP contribution in [-0.4, -0.2) is 34.9 Å². The van der Waals surface area contributed by atoms with E-state index in [0.29, 0.717) is 39.6 Å². The van der Waals surface area contributed by atoms with Crippen molar-refractivity contribution >= 4 is 45.0 Å². The molecule has 0 unspecified atom stereocenters. The molecule has 142 valence electrons. The summed E-state index contributed by atoms with van der Waals surface area (Å²) in [5.41, 5.74) is 0.962. The number of methoxy groups -OCH3 is 2. The molecule has 0 heterocycles. The van der Waals surface area contributed by atoms with Crippen molar-refractivity contribution in [1.82, 2.24) is 4.72 Å². The number of thioether (sulfide) groups is 1. The van der Waals surface area contributed by atoms with Gasteiger partial charge in [-0.25, -0.2) is 13.1 Å². The topological polar surface area (TPSA) is 64.6 Å². The molecule has 2 aromatic rings. The van der Waals surface area contributed by atoms with Crippen LogP contribution < -0.4 is 14.2 Å². The van der Waals surface area contributed by atoms with Gasteiger partial charge in [0.25, 0.3) is 0 Å². The molecule has 2 rings (SSSR count). The van der Waals surface area contributed by atoms with Gasteiger partial charge in [0.2, 0.25) is 10.0 Å². The Morgan fingerprint density at radius 1 is 1.04 bits per heavy atom. The lowest BCUT2D eigenvalue weighted by atomic mass is 10.2. The van der Waals surface area contributed by atoms with Crippen LogP contribution in [0.2, 0.25) is 10.0 Å². The third kappa shape index (κ3) is 5.69. The predicted octanol–water partition coefficient (Wildman–Crippen LogP) is 4.22. The molecule has 2 aromatic carbocycles. The number of ether oxygens (including phenoxy) is 2. The number of rotatable bonds is 9. The second-order valence-electron chi connectivity index (χ2n) is 5.20. The second-order valence-corrected chi connectivity index (χ2v) is 8.92. The third-order valence-corrected chi connectivity index (χ3v) is 6.53. The molecule has 0 aliphatic rings. The summed E-state index contributed by atoms with van der Waals surface area (Å²) in [5, 5.41) is 1.20. The SMILES string of the molecule is COc1ccc(S(=O)(=O)NCCSCc2ccc(Cl)cc2Cl)cc1OC. The summed E-state index contributed by atoms with van der Waals surface area (Å²) in [4.78, 5) is 0.126. The van der Waals surface area contributed by atoms with Crippen molar-refractivity contribution in [2.75, 3.05) is 26.5 Å². The van der Waals surface area contributed by atoms with E-state index in [9.17, 15) is 8.42 Å². The highest BCUT2D eigenvalue weighted by molar-refractivity contribution is 7.98. The van der Waals surface area contributed by atoms with Crippen molar-refractivity contribution in [1.29, 1.82) is 0 Å². The van der Waals surface area contributed by atoms with E-state index in [1.807, 2.05) is 6.07 Å². The Morgan fingerprint density at radius 3 is 2.42 bits per heavy atom. The smallest absolute Gasteiger partial charge is 0.240 e. The molecule has 0 aliphatic carbocycles. The maximum atomic E-state index is 12.4. The van der Waals surface area contributed by atoms with E-state index < -0.39 is 10.0 Å². The summed E-state index contributed by atoms with van der Waals surface area (Å²) in [6, 6.07) is 9.81. The highest BCUT2D eigenvalue weighted by Crippen LogP contribution is 2.29. The largest absolute Gasteiger partial charge is 0.493 e. The maximum absolute atomic E-state index is 12.4. The summed E-state index contributed by atoms with van der Waals surface area (Å²) in [5.74, 6) is 2.11. The van der Waals surface area contributed by atoms with Crippen molar-refractivity contribution in [2.45, 2.75) is 10.6 Å². The zero-order chi connectivity index (χ0) is 19.2. The minimum Gasteiger partial charge on any atom is -0.493 e. The molecule has 0 saturated carbocycles. The van der Waals surface area contributed by atoms with Crippen molar-refractivity contribution in [2.24, 2.45) is 0 Å². The summed E-state index contributed by atoms with van der Waals surface area (Å²) in [6.45, 7) is 0.298. The average molecular weight is 436 g/mol. The van der Waals surface area contributed by atoms with Crippen LogP contribution in [0.5, 0.6) is 11.5 Å². The number of nitrogens with one attached hydrogen (secondary N) is 1. The highest BCUT2D eigenvalue weighted by atomic mass is 35.5. The van der Waals surface area contributed by atoms with Gasteiger partial charge in [-0.05, 0) is 29.8 Å². The molecule has 0 bridgehead atoms. The summed E-state index contributed by atoms with van der Waals surface area (Å²) in [6.07, 6.45) is 0. The van der Waals surface area contributed by atoms with Gasteiger partial charge in [0.05, 0.1) is 19.1 Å². The van der Waals surface area contributed by atoms with Gasteiger partial charge in [0.15, 0.2) is 11.5 Å². The van der Waals surface area contributed by atoms with Crippen molar-refractivity contribution < 1.29 is 17.9 Å². The molecule has 0 fully saturated rings. The third-order valence-electron chi connectivity index (χ3n) is 3.48. The molecule has 0 amide bonds. The molecule has 0 atom stereocenters. The highest BCUT2D eigenvalue weighted by Gasteiger charge is 2.16. The molecule has 0 spiro atoms. The Labute approximate surface area is 168 Å². The van der Waals surface area contributed by atoms with Crippen molar-refractivity contribution in [3.05, 3.63) is 52.0 Å². The Hall–Kier alpha value is -1.12. The summed E-state index contributed by atoms with van der Waals surface area (Å²) in [7, 11) is -0.666. The van der Waals surface area contributed by atoms with Gasteiger partial charge in [-0.2, -0.15) is 11.8 Å². The Bertz CT molecular complexity index is 860. The van der Waals surface area contributed by atoms with E-state index in [-0.39, 0.29) is 4.90 Å². The van der Waals surface area contributed by atoms with E-state index >= 15 is 0 Å². The molecule has 1 N–H and O–H groups in total. The Morgan fingerprint density at radius 2 is 1.77 bits per heavy atom. The molecular weight excluding hydrogens is 417 g/mol. The lowest BCUT2D eigenvalue weighted by molar-refractivity contribution is 0.354. The van der Waals surface area contributed by atoms with E-state index in [1.54, 1.807) is 30.0 Å². The quantitative estimate of drug-likeness (QED) is 0.597. The van der Waals surface area contributed by atoms with Gasteiger partial charge >= 0.3 is 0 Å². The van der Waals surface area contributed by atoms with Crippen LogP contribution in [0.4, 0.5) is 0 Å². The first kappa shape index (κ1) is 21.2. The van der Waals surface area contributed by atoms with Gasteiger partial charge in [0, 0.05) is 34.2 Å². The molecule has 5 nitrogen and oxygen atoms in total. The van der Waals surface area contributed by atoms with E-state index in [2.05, 4.69) is 4.72 Å². The minimum atomic E-state index is -3.62. The first-order valence-corrected chi connectivity index (χ1v) is 11.0. The normalized spacial score (nSPS) is 11.4. The molecule has 26 heavy (non-hydrogen) atoms. The van der Waals surface area contributed by atoms with E-state index in [0.717, 1.165) is 5.56 Å². The van der Waals surface area contributed by atoms with Crippen LogP contribution in [0.3, 0.4) is 0 Å². The number of sulfonamides is 1. The first-order chi connectivity index (χ1) is 12.4. The summed E-state index contributed by atoms with van der Waals surface area (Å²) >= 11 is 13.6. The fraction of sp³-hybridized carbons (Fsp3) is 0.294. The van der Waals surface area contributed by atoms with Crippen LogP contribution in [0, 0.1) is 0 Å². The summed E-state index contributed by atoms with van der Waals surface area (Å²) < 4.78 is 37.6. The minimum absolute atomic E-state index is 0.126. The zero-order valence-electron chi connectivity index (χ0n) is 14.3. The average Bonchev–Trinajstić information content (AvgIpc) is 2.62. The molecule has 0 aliphatic heterocycles. The fourth-order valence-electron chi connectivity index (χ4n) is 2.14. The first-order valence-electron chi connectivity index (χ1n) is 7.60. The van der Waals surface area contributed by atoms with Gasteiger partial charge in [0.1, 0.15) is 0 Å². The fourth-order valence-corrected chi connectivity index (χ4v) is 4.73. The van der Waals surface area contributed by atoms with Crippen molar-refractivity contribution in [3.63, 3.8) is 0 Å². The lowest BCUT2D eigenvalue weighted by Crippen LogP contribution is -2.26. The lowest BCUT2D eigenvalue weighted by Gasteiger charge is -2.11. The molecule has 0 radical (unpaired) electrons. The number of hydrogen-bond donors (Lipinski definition) is 1. The Kier molecular flexibility index (Phi) is 7.91. The zero-order valence-corrected chi connectivity index (χ0v) is 17.4. The monoisotopic (exact) mass is 435 g/mol. The van der Waals surface area contributed by atoms with Crippen LogP contribution >= 0.6 is 35.0 Å². The van der Waals surface area contributed by atoms with Crippen LogP contribution in [0.1, 0.15) is 5.56 Å². The van der Waals surface area contributed by atoms with Gasteiger partial charge in [-0.15, -0.1) is 0 Å². The van der Waals surface area contributed by atoms with Crippen LogP contribution in [0.25, 0.3) is 0 Å². The van der Waals surface area contributed by atoms with Crippen LogP contribution in [0.15, 0.2) is 41.3 Å². The molecular formula is C17H19Cl2NO4S2. The number of benzene rings is 2. The Balaban J connectivity index is 1.88. The number of hydrogen-bond acceptors (Lipinski definition) is 5. The molecule has 9 heteroatoms. The van der Waals surface area contributed by atoms with E-state index in [4.69, 9.17) is 32.7 Å². The molecule has 0 aromatic heterocycles. The number of halogens is 2. The predicted molar refractivity (Wildman–Crippen MR) is 107 cm³/mol.